The van der Waals surface area contributed by atoms with Crippen molar-refractivity contribution >= 4 is 29.0 Å². The normalized spacial score (nSPS) is 16.3. The van der Waals surface area contributed by atoms with Crippen LogP contribution in [0.4, 0.5) is 9.18 Å². The van der Waals surface area contributed by atoms with Crippen molar-refractivity contribution in [3.63, 3.8) is 0 Å². The maximum absolute atomic E-state index is 13.3. The fraction of sp³-hybridized carbons (Fsp3) is 0.421. The Labute approximate surface area is 161 Å². The summed E-state index contributed by atoms with van der Waals surface area (Å²) in [5.74, 6) is -0.255. The number of nitrogens with zero attached hydrogens (tertiary/aromatic N) is 1. The molecule has 2 aromatic rings. The average molecular weight is 397 g/mol. The van der Waals surface area contributed by atoms with E-state index in [4.69, 9.17) is 16.3 Å². The largest absolute Gasteiger partial charge is 0.381 e. The molecule has 2 amide bonds. The Kier molecular flexibility index (Phi) is 6.16. The van der Waals surface area contributed by atoms with Crippen molar-refractivity contribution in [1.29, 1.82) is 0 Å². The molecule has 0 bridgehead atoms. The van der Waals surface area contributed by atoms with Gasteiger partial charge in [0.1, 0.15) is 5.82 Å². The van der Waals surface area contributed by atoms with Gasteiger partial charge < -0.3 is 15.0 Å². The van der Waals surface area contributed by atoms with Crippen molar-refractivity contribution < 1.29 is 13.9 Å². The molecule has 1 saturated heterocycles. The molecule has 1 aromatic carbocycles. The quantitative estimate of drug-likeness (QED) is 0.812. The molecule has 4 nitrogen and oxygen atoms in total. The lowest BCUT2D eigenvalue weighted by molar-refractivity contribution is 0.0502. The first kappa shape index (κ1) is 19.1. The Balaban J connectivity index is 1.65. The van der Waals surface area contributed by atoms with Crippen LogP contribution in [0.2, 0.25) is 4.34 Å². The van der Waals surface area contributed by atoms with Crippen molar-refractivity contribution in [2.45, 2.75) is 24.8 Å². The molecule has 1 N–H and O–H groups in total. The zero-order valence-electron chi connectivity index (χ0n) is 14.6. The first-order valence-corrected chi connectivity index (χ1v) is 9.75. The summed E-state index contributed by atoms with van der Waals surface area (Å²) in [4.78, 5) is 15.2. The van der Waals surface area contributed by atoms with Crippen LogP contribution in [0.15, 0.2) is 36.4 Å². The highest BCUT2D eigenvalue weighted by Gasteiger charge is 2.35. The van der Waals surface area contributed by atoms with Crippen LogP contribution in [0.5, 0.6) is 0 Å². The molecular weight excluding hydrogens is 375 g/mol. The third-order valence-corrected chi connectivity index (χ3v) is 6.07. The van der Waals surface area contributed by atoms with Crippen LogP contribution in [0.1, 0.15) is 23.3 Å². The number of carbonyl (C=O) groups is 1. The van der Waals surface area contributed by atoms with Gasteiger partial charge in [-0.05, 0) is 42.7 Å². The molecular formula is C19H22ClFN2O2S. The number of halogens is 2. The third-order valence-electron chi connectivity index (χ3n) is 4.85. The molecule has 1 fully saturated rings. The Morgan fingerprint density at radius 1 is 1.27 bits per heavy atom. The van der Waals surface area contributed by atoms with Gasteiger partial charge in [0.05, 0.1) is 10.9 Å². The van der Waals surface area contributed by atoms with Crippen LogP contribution in [0.3, 0.4) is 0 Å². The SMILES string of the molecule is CN(Cc1ccc(Cl)s1)C(=O)NCC1(c2ccc(F)cc2)CCOCC1. The Morgan fingerprint density at radius 3 is 2.58 bits per heavy atom. The Bertz CT molecular complexity index is 744. The summed E-state index contributed by atoms with van der Waals surface area (Å²) < 4.78 is 19.5. The first-order valence-electron chi connectivity index (χ1n) is 8.55. The van der Waals surface area contributed by atoms with Crippen molar-refractivity contribution in [2.24, 2.45) is 0 Å². The number of nitrogens with one attached hydrogen (secondary N) is 1. The van der Waals surface area contributed by atoms with Gasteiger partial charge in [0, 0.05) is 37.1 Å². The maximum Gasteiger partial charge on any atom is 0.317 e. The van der Waals surface area contributed by atoms with E-state index < -0.39 is 0 Å². The van der Waals surface area contributed by atoms with Crippen LogP contribution < -0.4 is 5.32 Å². The standard InChI is InChI=1S/C19H22ClFN2O2S/c1-23(12-16-6-7-17(20)26-16)18(24)22-13-19(8-10-25-11-9-19)14-2-4-15(21)5-3-14/h2-7H,8-13H2,1H3,(H,22,24). The van der Waals surface area contributed by atoms with Crippen LogP contribution in [-0.4, -0.2) is 37.7 Å². The van der Waals surface area contributed by atoms with Crippen molar-refractivity contribution in [1.82, 2.24) is 10.2 Å². The number of amides is 2. The minimum absolute atomic E-state index is 0.137. The summed E-state index contributed by atoms with van der Waals surface area (Å²) in [6.45, 7) is 2.28. The molecule has 1 aliphatic heterocycles. The van der Waals surface area contributed by atoms with Gasteiger partial charge in [-0.25, -0.2) is 9.18 Å². The van der Waals surface area contributed by atoms with Crippen LogP contribution in [-0.2, 0) is 16.7 Å². The number of thiophene rings is 1. The molecule has 0 radical (unpaired) electrons. The predicted molar refractivity (Wildman–Crippen MR) is 102 cm³/mol. The monoisotopic (exact) mass is 396 g/mol. The van der Waals surface area contributed by atoms with Gasteiger partial charge in [-0.3, -0.25) is 0 Å². The molecule has 0 atom stereocenters. The molecule has 140 valence electrons. The minimum atomic E-state index is -0.255. The molecule has 26 heavy (non-hydrogen) atoms. The van der Waals surface area contributed by atoms with Gasteiger partial charge in [-0.2, -0.15) is 0 Å². The van der Waals surface area contributed by atoms with Crippen molar-refractivity contribution in [3.05, 3.63) is 57.0 Å². The second kappa shape index (κ2) is 8.37. The van der Waals surface area contributed by atoms with E-state index in [1.807, 2.05) is 24.3 Å². The van der Waals surface area contributed by atoms with E-state index in [0.29, 0.717) is 30.6 Å². The molecule has 0 saturated carbocycles. The summed E-state index contributed by atoms with van der Waals surface area (Å²) in [5.41, 5.74) is 0.810. The molecule has 7 heteroatoms. The van der Waals surface area contributed by atoms with E-state index in [-0.39, 0.29) is 17.3 Å². The maximum atomic E-state index is 13.3. The Morgan fingerprint density at radius 2 is 1.96 bits per heavy atom. The van der Waals surface area contributed by atoms with Gasteiger partial charge in [0.25, 0.3) is 0 Å². The van der Waals surface area contributed by atoms with Crippen LogP contribution in [0.25, 0.3) is 0 Å². The number of ether oxygens (including phenoxy) is 1. The lowest BCUT2D eigenvalue weighted by Gasteiger charge is -2.38. The molecule has 1 aromatic heterocycles. The van der Waals surface area contributed by atoms with E-state index in [0.717, 1.165) is 23.3 Å². The Hall–Kier alpha value is -1.63. The van der Waals surface area contributed by atoms with Crippen molar-refractivity contribution in [2.75, 3.05) is 26.8 Å². The second-order valence-corrected chi connectivity index (χ2v) is 8.42. The van der Waals surface area contributed by atoms with E-state index >= 15 is 0 Å². The highest BCUT2D eigenvalue weighted by Crippen LogP contribution is 2.34. The lowest BCUT2D eigenvalue weighted by Crippen LogP contribution is -2.47. The highest BCUT2D eigenvalue weighted by molar-refractivity contribution is 7.16. The summed E-state index contributed by atoms with van der Waals surface area (Å²) in [5, 5.41) is 3.04. The number of rotatable bonds is 5. The van der Waals surface area contributed by atoms with E-state index in [1.165, 1.54) is 23.5 Å². The molecule has 2 heterocycles. The zero-order chi connectivity index (χ0) is 18.6. The summed E-state index contributed by atoms with van der Waals surface area (Å²) in [6, 6.07) is 10.2. The number of carbonyl (C=O) groups excluding carboxylic acids is 1. The second-order valence-electron chi connectivity index (χ2n) is 6.62. The van der Waals surface area contributed by atoms with E-state index in [1.54, 1.807) is 11.9 Å². The summed E-state index contributed by atoms with van der Waals surface area (Å²) in [7, 11) is 1.76. The number of benzene rings is 1. The summed E-state index contributed by atoms with van der Waals surface area (Å²) in [6.07, 6.45) is 1.59. The fourth-order valence-electron chi connectivity index (χ4n) is 3.26. The van der Waals surface area contributed by atoms with Gasteiger partial charge in [-0.15, -0.1) is 11.3 Å². The topological polar surface area (TPSA) is 41.6 Å². The molecule has 1 aliphatic rings. The van der Waals surface area contributed by atoms with E-state index in [2.05, 4.69) is 5.32 Å². The van der Waals surface area contributed by atoms with Gasteiger partial charge in [0.15, 0.2) is 0 Å². The van der Waals surface area contributed by atoms with Crippen molar-refractivity contribution in [3.8, 4) is 0 Å². The van der Waals surface area contributed by atoms with Gasteiger partial charge >= 0.3 is 6.03 Å². The molecule has 3 rings (SSSR count). The van der Waals surface area contributed by atoms with Crippen LogP contribution >= 0.6 is 22.9 Å². The van der Waals surface area contributed by atoms with Gasteiger partial charge in [-0.1, -0.05) is 23.7 Å². The third kappa shape index (κ3) is 4.55. The minimum Gasteiger partial charge on any atom is -0.381 e. The predicted octanol–water partition coefficient (Wildman–Crippen LogP) is 4.43. The number of urea groups is 1. The zero-order valence-corrected chi connectivity index (χ0v) is 16.2. The summed E-state index contributed by atoms with van der Waals surface area (Å²) >= 11 is 7.41. The van der Waals surface area contributed by atoms with Crippen LogP contribution in [0, 0.1) is 5.82 Å². The average Bonchev–Trinajstić information content (AvgIpc) is 3.05. The smallest absolute Gasteiger partial charge is 0.317 e. The highest BCUT2D eigenvalue weighted by atomic mass is 35.5. The number of hydrogen-bond acceptors (Lipinski definition) is 3. The number of hydrogen-bond donors (Lipinski definition) is 1. The molecule has 0 unspecified atom stereocenters. The lowest BCUT2D eigenvalue weighted by atomic mass is 9.74. The molecule has 0 aliphatic carbocycles. The van der Waals surface area contributed by atoms with E-state index in [9.17, 15) is 9.18 Å². The van der Waals surface area contributed by atoms with Gasteiger partial charge in [0.2, 0.25) is 0 Å². The first-order chi connectivity index (χ1) is 12.5. The molecule has 0 spiro atoms. The fourth-order valence-corrected chi connectivity index (χ4v) is 4.40.